The van der Waals surface area contributed by atoms with Crippen LogP contribution in [0.4, 0.5) is 0 Å². The Balaban J connectivity index is 1.86. The Kier molecular flexibility index (Phi) is 4.60. The predicted octanol–water partition coefficient (Wildman–Crippen LogP) is 1.68. The van der Waals surface area contributed by atoms with E-state index in [1.54, 1.807) is 0 Å². The van der Waals surface area contributed by atoms with E-state index in [-0.39, 0.29) is 0 Å². The smallest absolute Gasteiger partial charge is 0.0861 e. The van der Waals surface area contributed by atoms with Gasteiger partial charge in [-0.15, -0.1) is 0 Å². The number of hydrogen-bond acceptors (Lipinski definition) is 0. The fourth-order valence-corrected chi connectivity index (χ4v) is 1.95. The minimum absolute atomic E-state index is 0.992. The number of rotatable bonds is 5. The van der Waals surface area contributed by atoms with Crippen LogP contribution in [0.3, 0.4) is 0 Å². The lowest BCUT2D eigenvalue weighted by Crippen LogP contribution is -2.86. The van der Waals surface area contributed by atoms with E-state index in [0.29, 0.717) is 0 Å². The summed E-state index contributed by atoms with van der Waals surface area (Å²) in [6, 6.07) is 0.992. The second-order valence-corrected chi connectivity index (χ2v) is 3.78. The summed E-state index contributed by atoms with van der Waals surface area (Å²) in [6.45, 7) is 3.67. The van der Waals surface area contributed by atoms with E-state index < -0.39 is 0 Å². The van der Waals surface area contributed by atoms with Crippen LogP contribution in [0.1, 0.15) is 51.9 Å². The van der Waals surface area contributed by atoms with E-state index >= 15 is 0 Å². The molecule has 0 unspecified atom stereocenters. The van der Waals surface area contributed by atoms with Crippen molar-refractivity contribution in [3.8, 4) is 0 Å². The van der Waals surface area contributed by atoms with Gasteiger partial charge in [-0.25, -0.2) is 0 Å². The second-order valence-electron chi connectivity index (χ2n) is 3.78. The largest absolute Gasteiger partial charge is 0.344 e. The van der Waals surface area contributed by atoms with Crippen LogP contribution in [0, 0.1) is 0 Å². The molecule has 1 saturated heterocycles. The molecule has 1 atom stereocenters. The molecule has 0 bridgehead atoms. The van der Waals surface area contributed by atoms with Crippen LogP contribution in [0.5, 0.6) is 0 Å². The molecule has 1 heterocycles. The van der Waals surface area contributed by atoms with Gasteiger partial charge in [0.25, 0.3) is 0 Å². The molecular formula is C10H22N+. The van der Waals surface area contributed by atoms with Crippen LogP contribution in [0.25, 0.3) is 0 Å². The first-order chi connectivity index (χ1) is 5.43. The molecule has 0 aromatic rings. The van der Waals surface area contributed by atoms with Crippen LogP contribution >= 0.6 is 0 Å². The van der Waals surface area contributed by atoms with E-state index in [9.17, 15) is 0 Å². The average molecular weight is 156 g/mol. The van der Waals surface area contributed by atoms with Crippen LogP contribution < -0.4 is 5.32 Å². The van der Waals surface area contributed by atoms with E-state index in [4.69, 9.17) is 0 Å². The van der Waals surface area contributed by atoms with Gasteiger partial charge in [-0.05, 0) is 12.8 Å². The summed E-state index contributed by atoms with van der Waals surface area (Å²) in [6.07, 6.45) is 10.1. The maximum atomic E-state index is 2.53. The third-order valence-electron chi connectivity index (χ3n) is 2.71. The topological polar surface area (TPSA) is 16.6 Å². The minimum atomic E-state index is 0.992. The first-order valence-corrected chi connectivity index (χ1v) is 5.27. The molecule has 0 saturated carbocycles. The van der Waals surface area contributed by atoms with Crippen molar-refractivity contribution in [3.63, 3.8) is 0 Å². The van der Waals surface area contributed by atoms with E-state index in [1.165, 1.54) is 51.5 Å². The Morgan fingerprint density at radius 1 is 1.27 bits per heavy atom. The zero-order valence-corrected chi connectivity index (χ0v) is 7.81. The monoisotopic (exact) mass is 156 g/mol. The second kappa shape index (κ2) is 5.59. The maximum absolute atomic E-state index is 2.53. The van der Waals surface area contributed by atoms with Crippen molar-refractivity contribution >= 4 is 0 Å². The van der Waals surface area contributed by atoms with E-state index in [1.807, 2.05) is 0 Å². The van der Waals surface area contributed by atoms with Gasteiger partial charge in [0.05, 0.1) is 12.6 Å². The molecule has 1 aliphatic heterocycles. The highest BCUT2D eigenvalue weighted by atomic mass is 14.9. The molecule has 2 N–H and O–H groups in total. The van der Waals surface area contributed by atoms with Gasteiger partial charge >= 0.3 is 0 Å². The Hall–Kier alpha value is -0.0400. The number of unbranched alkanes of at least 4 members (excludes halogenated alkanes) is 3. The number of hydrogen-bond donors (Lipinski definition) is 1. The average Bonchev–Trinajstić information content (AvgIpc) is 2.50. The van der Waals surface area contributed by atoms with Crippen LogP contribution in [0.2, 0.25) is 0 Å². The summed E-state index contributed by atoms with van der Waals surface area (Å²) in [7, 11) is 0. The molecule has 0 aromatic heterocycles. The highest BCUT2D eigenvalue weighted by molar-refractivity contribution is 4.59. The van der Waals surface area contributed by atoms with Crippen molar-refractivity contribution in [3.05, 3.63) is 0 Å². The fraction of sp³-hybridized carbons (Fsp3) is 1.00. The highest BCUT2D eigenvalue weighted by Gasteiger charge is 2.16. The van der Waals surface area contributed by atoms with Gasteiger partial charge in [0.1, 0.15) is 0 Å². The summed E-state index contributed by atoms with van der Waals surface area (Å²) in [4.78, 5) is 0. The maximum Gasteiger partial charge on any atom is 0.0861 e. The van der Waals surface area contributed by atoms with Crippen molar-refractivity contribution in [1.82, 2.24) is 0 Å². The lowest BCUT2D eigenvalue weighted by atomic mass is 10.1. The first-order valence-electron chi connectivity index (χ1n) is 5.27. The predicted molar refractivity (Wildman–Crippen MR) is 48.6 cm³/mol. The van der Waals surface area contributed by atoms with Gasteiger partial charge in [0, 0.05) is 12.8 Å². The number of quaternary nitrogens is 1. The molecule has 0 aliphatic carbocycles. The van der Waals surface area contributed by atoms with Crippen molar-refractivity contribution in [2.24, 2.45) is 0 Å². The van der Waals surface area contributed by atoms with Crippen molar-refractivity contribution in [1.29, 1.82) is 0 Å². The zero-order valence-electron chi connectivity index (χ0n) is 7.81. The third-order valence-corrected chi connectivity index (χ3v) is 2.71. The standard InChI is InChI=1S/C10H21N/c1-2-3-4-5-7-10-8-6-9-11-10/h10-11H,2-9H2,1H3/p+1/t10-/m0/s1. The Labute approximate surface area is 70.6 Å². The lowest BCUT2D eigenvalue weighted by Gasteiger charge is -2.05. The molecule has 1 heteroatoms. The lowest BCUT2D eigenvalue weighted by molar-refractivity contribution is -0.670. The van der Waals surface area contributed by atoms with Crippen LogP contribution in [0.15, 0.2) is 0 Å². The molecule has 1 nitrogen and oxygen atoms in total. The van der Waals surface area contributed by atoms with Crippen molar-refractivity contribution in [2.45, 2.75) is 57.9 Å². The Bertz CT molecular complexity index is 84.9. The molecule has 0 aromatic carbocycles. The van der Waals surface area contributed by atoms with Crippen LogP contribution in [-0.2, 0) is 0 Å². The molecule has 0 radical (unpaired) electrons. The molecule has 1 fully saturated rings. The van der Waals surface area contributed by atoms with Crippen molar-refractivity contribution in [2.75, 3.05) is 6.54 Å². The summed E-state index contributed by atoms with van der Waals surface area (Å²) in [5.74, 6) is 0. The summed E-state index contributed by atoms with van der Waals surface area (Å²) in [5, 5.41) is 2.53. The van der Waals surface area contributed by atoms with Crippen LogP contribution in [-0.4, -0.2) is 12.6 Å². The summed E-state index contributed by atoms with van der Waals surface area (Å²) < 4.78 is 0. The van der Waals surface area contributed by atoms with Gasteiger partial charge in [-0.3, -0.25) is 0 Å². The molecule has 1 rings (SSSR count). The molecule has 1 aliphatic rings. The third kappa shape index (κ3) is 3.76. The normalized spacial score (nSPS) is 24.3. The number of nitrogens with two attached hydrogens (primary N) is 1. The van der Waals surface area contributed by atoms with Gasteiger partial charge in [0.15, 0.2) is 0 Å². The first kappa shape index (κ1) is 9.05. The quantitative estimate of drug-likeness (QED) is 0.583. The summed E-state index contributed by atoms with van der Waals surface area (Å²) >= 11 is 0. The molecule has 0 spiro atoms. The Morgan fingerprint density at radius 2 is 2.18 bits per heavy atom. The van der Waals surface area contributed by atoms with Gasteiger partial charge in [0.2, 0.25) is 0 Å². The summed E-state index contributed by atoms with van der Waals surface area (Å²) in [5.41, 5.74) is 0. The van der Waals surface area contributed by atoms with Gasteiger partial charge < -0.3 is 5.32 Å². The van der Waals surface area contributed by atoms with E-state index in [0.717, 1.165) is 6.04 Å². The van der Waals surface area contributed by atoms with E-state index in [2.05, 4.69) is 12.2 Å². The highest BCUT2D eigenvalue weighted by Crippen LogP contribution is 2.08. The molecule has 0 amide bonds. The SMILES string of the molecule is CCCCCC[C@H]1CCC[NH2+]1. The zero-order chi connectivity index (χ0) is 7.94. The fourth-order valence-electron chi connectivity index (χ4n) is 1.95. The molecule has 11 heavy (non-hydrogen) atoms. The minimum Gasteiger partial charge on any atom is -0.344 e. The van der Waals surface area contributed by atoms with Gasteiger partial charge in [-0.2, -0.15) is 0 Å². The Morgan fingerprint density at radius 3 is 2.82 bits per heavy atom. The molecule has 66 valence electrons. The molecular weight excluding hydrogens is 134 g/mol. The van der Waals surface area contributed by atoms with Gasteiger partial charge in [-0.1, -0.05) is 26.2 Å². The van der Waals surface area contributed by atoms with Crippen molar-refractivity contribution < 1.29 is 5.32 Å².